The quantitative estimate of drug-likeness (QED) is 0.416. The summed E-state index contributed by atoms with van der Waals surface area (Å²) in [5.74, 6) is 0.0602. The number of H-pyrrole nitrogens is 1. The average molecular weight is 476 g/mol. The predicted octanol–water partition coefficient (Wildman–Crippen LogP) is 5.44. The third kappa shape index (κ3) is 4.25. The molecule has 3 aromatic heterocycles. The van der Waals surface area contributed by atoms with E-state index in [4.69, 9.17) is 14.5 Å². The van der Waals surface area contributed by atoms with Crippen LogP contribution in [-0.2, 0) is 15.9 Å². The molecule has 0 spiro atoms. The lowest BCUT2D eigenvalue weighted by Crippen LogP contribution is -2.19. The number of aromatic nitrogens is 5. The van der Waals surface area contributed by atoms with Crippen molar-refractivity contribution in [2.45, 2.75) is 51.0 Å². The number of hydrogen-bond acceptors (Lipinski definition) is 5. The molecule has 6 rings (SSSR count). The molecule has 182 valence electrons. The maximum atomic E-state index is 15.4. The molecule has 7 nitrogen and oxygen atoms in total. The van der Waals surface area contributed by atoms with Crippen LogP contribution in [-0.4, -0.2) is 51.2 Å². The lowest BCUT2D eigenvalue weighted by atomic mass is 9.86. The summed E-state index contributed by atoms with van der Waals surface area (Å²) in [5.41, 5.74) is 6.72. The van der Waals surface area contributed by atoms with Gasteiger partial charge in [-0.05, 0) is 61.3 Å². The summed E-state index contributed by atoms with van der Waals surface area (Å²) >= 11 is 0. The molecule has 5 heterocycles. The third-order valence-electron chi connectivity index (χ3n) is 7.38. The molecule has 35 heavy (non-hydrogen) atoms. The fourth-order valence-corrected chi connectivity index (χ4v) is 5.44. The van der Waals surface area contributed by atoms with Gasteiger partial charge >= 0.3 is 0 Å². The number of nitrogens with one attached hydrogen (secondary N) is 1. The largest absolute Gasteiger partial charge is 0.381 e. The van der Waals surface area contributed by atoms with E-state index >= 15 is 4.39 Å². The summed E-state index contributed by atoms with van der Waals surface area (Å²) < 4.78 is 28.4. The van der Waals surface area contributed by atoms with Gasteiger partial charge in [-0.1, -0.05) is 6.92 Å². The van der Waals surface area contributed by atoms with Gasteiger partial charge < -0.3 is 14.5 Å². The molecule has 8 heteroatoms. The van der Waals surface area contributed by atoms with Crippen molar-refractivity contribution in [2.75, 3.05) is 26.4 Å². The van der Waals surface area contributed by atoms with E-state index in [-0.39, 0.29) is 11.7 Å². The molecule has 1 aromatic carbocycles. The van der Waals surface area contributed by atoms with Crippen molar-refractivity contribution in [1.29, 1.82) is 0 Å². The van der Waals surface area contributed by atoms with E-state index in [9.17, 15) is 0 Å². The number of benzene rings is 1. The minimum absolute atomic E-state index is 0.153. The summed E-state index contributed by atoms with van der Waals surface area (Å²) in [6, 6.07) is 4.06. The first-order valence-corrected chi connectivity index (χ1v) is 12.6. The summed E-state index contributed by atoms with van der Waals surface area (Å²) in [7, 11) is 0. The predicted molar refractivity (Wildman–Crippen MR) is 132 cm³/mol. The van der Waals surface area contributed by atoms with Crippen LogP contribution in [0.4, 0.5) is 4.39 Å². The van der Waals surface area contributed by atoms with E-state index in [1.54, 1.807) is 12.3 Å². The van der Waals surface area contributed by atoms with Gasteiger partial charge in [0.1, 0.15) is 11.3 Å². The molecule has 2 fully saturated rings. The van der Waals surface area contributed by atoms with Crippen molar-refractivity contribution in [1.82, 2.24) is 24.7 Å². The summed E-state index contributed by atoms with van der Waals surface area (Å²) in [4.78, 5) is 12.7. The fourth-order valence-electron chi connectivity index (χ4n) is 5.44. The molecular weight excluding hydrogens is 445 g/mol. The van der Waals surface area contributed by atoms with Gasteiger partial charge in [0.2, 0.25) is 0 Å². The maximum absolute atomic E-state index is 15.4. The van der Waals surface area contributed by atoms with Gasteiger partial charge in [0.05, 0.1) is 24.1 Å². The van der Waals surface area contributed by atoms with Crippen molar-refractivity contribution in [3.05, 3.63) is 53.9 Å². The lowest BCUT2D eigenvalue weighted by molar-refractivity contribution is 0.0662. The van der Waals surface area contributed by atoms with Gasteiger partial charge in [-0.15, -0.1) is 0 Å². The summed E-state index contributed by atoms with van der Waals surface area (Å²) in [6.45, 7) is 5.00. The molecule has 0 unspecified atom stereocenters. The zero-order chi connectivity index (χ0) is 23.8. The number of ether oxygens (including phenoxy) is 2. The second-order valence-corrected chi connectivity index (χ2v) is 9.48. The molecule has 0 aliphatic carbocycles. The first kappa shape index (κ1) is 22.4. The number of nitrogens with zero attached hydrogens (tertiary/aromatic N) is 4. The van der Waals surface area contributed by atoms with Crippen molar-refractivity contribution < 1.29 is 13.9 Å². The normalized spacial score (nSPS) is 17.9. The van der Waals surface area contributed by atoms with Gasteiger partial charge in [-0.25, -0.2) is 14.4 Å². The van der Waals surface area contributed by atoms with Gasteiger partial charge in [-0.3, -0.25) is 4.68 Å². The Morgan fingerprint density at radius 3 is 2.57 bits per heavy atom. The Bertz CT molecular complexity index is 1330. The molecule has 0 amide bonds. The monoisotopic (exact) mass is 475 g/mol. The van der Waals surface area contributed by atoms with E-state index in [0.29, 0.717) is 30.6 Å². The molecule has 2 aliphatic rings. The Kier molecular flexibility index (Phi) is 6.08. The minimum atomic E-state index is -0.153. The number of rotatable bonds is 5. The van der Waals surface area contributed by atoms with E-state index < -0.39 is 0 Å². The van der Waals surface area contributed by atoms with Crippen molar-refractivity contribution in [3.63, 3.8) is 0 Å². The Morgan fingerprint density at radius 2 is 1.80 bits per heavy atom. The van der Waals surface area contributed by atoms with Crippen LogP contribution in [0.1, 0.15) is 55.7 Å². The molecular formula is C27H30FN5O2. The van der Waals surface area contributed by atoms with Gasteiger partial charge in [-0.2, -0.15) is 5.10 Å². The molecule has 2 aliphatic heterocycles. The van der Waals surface area contributed by atoms with Crippen LogP contribution in [0, 0.1) is 5.82 Å². The molecule has 4 aromatic rings. The highest BCUT2D eigenvalue weighted by molar-refractivity contribution is 5.91. The summed E-state index contributed by atoms with van der Waals surface area (Å²) in [5, 5.41) is 4.61. The van der Waals surface area contributed by atoms with Crippen LogP contribution in [0.15, 0.2) is 36.9 Å². The Balaban J connectivity index is 1.35. The highest BCUT2D eigenvalue weighted by atomic mass is 19.1. The molecule has 1 N–H and O–H groups in total. The van der Waals surface area contributed by atoms with Gasteiger partial charge in [0.15, 0.2) is 5.65 Å². The zero-order valence-electron chi connectivity index (χ0n) is 20.0. The van der Waals surface area contributed by atoms with Crippen LogP contribution in [0.5, 0.6) is 0 Å². The number of aromatic amines is 1. The average Bonchev–Trinajstić information content (AvgIpc) is 3.56. The highest BCUT2D eigenvalue weighted by Crippen LogP contribution is 2.35. The van der Waals surface area contributed by atoms with Gasteiger partial charge in [0.25, 0.3) is 0 Å². The molecule has 0 bridgehead atoms. The SMILES string of the molecule is CCc1cc(-c2cnc3[nH]cc(-c4cnn(C5CCOCC5)c4)c3n2)cc(F)c1C1CCOCC1. The van der Waals surface area contributed by atoms with Crippen LogP contribution in [0.25, 0.3) is 33.5 Å². The van der Waals surface area contributed by atoms with E-state index in [0.717, 1.165) is 78.7 Å². The second kappa shape index (κ2) is 9.51. The molecule has 0 atom stereocenters. The molecule has 2 saturated heterocycles. The topological polar surface area (TPSA) is 77.9 Å². The first-order chi connectivity index (χ1) is 17.2. The van der Waals surface area contributed by atoms with Crippen molar-refractivity contribution in [3.8, 4) is 22.4 Å². The van der Waals surface area contributed by atoms with Crippen LogP contribution in [0.3, 0.4) is 0 Å². The fraction of sp³-hybridized carbons (Fsp3) is 0.444. The maximum Gasteiger partial charge on any atom is 0.156 e. The van der Waals surface area contributed by atoms with Crippen LogP contribution < -0.4 is 0 Å². The standard InChI is InChI=1S/C27H30FN5O2/c1-2-17-11-19(12-23(28)25(17)18-3-7-34-8-4-18)24-15-30-27-26(32-24)22(14-29-27)20-13-31-33(16-20)21-5-9-35-10-6-21/h11-16,18,21H,2-10H2,1H3,(H,29,30). The van der Waals surface area contributed by atoms with Gasteiger partial charge in [0, 0.05) is 55.5 Å². The Hall–Kier alpha value is -3.10. The number of aryl methyl sites for hydroxylation is 1. The smallest absolute Gasteiger partial charge is 0.156 e. The Morgan fingerprint density at radius 1 is 1.03 bits per heavy atom. The van der Waals surface area contributed by atoms with Crippen LogP contribution >= 0.6 is 0 Å². The first-order valence-electron chi connectivity index (χ1n) is 12.6. The van der Waals surface area contributed by atoms with E-state index in [1.807, 2.05) is 17.1 Å². The number of hydrogen-bond donors (Lipinski definition) is 1. The van der Waals surface area contributed by atoms with Crippen molar-refractivity contribution >= 4 is 11.2 Å². The number of halogens is 1. The zero-order valence-corrected chi connectivity index (χ0v) is 20.0. The number of fused-ring (bicyclic) bond motifs is 1. The summed E-state index contributed by atoms with van der Waals surface area (Å²) in [6.07, 6.45) is 12.0. The van der Waals surface area contributed by atoms with Crippen LogP contribution in [0.2, 0.25) is 0 Å². The van der Waals surface area contributed by atoms with E-state index in [2.05, 4.69) is 34.3 Å². The lowest BCUT2D eigenvalue weighted by Gasteiger charge is -2.25. The third-order valence-corrected chi connectivity index (χ3v) is 7.38. The molecule has 0 radical (unpaired) electrons. The minimum Gasteiger partial charge on any atom is -0.381 e. The highest BCUT2D eigenvalue weighted by Gasteiger charge is 2.24. The second-order valence-electron chi connectivity index (χ2n) is 9.48. The van der Waals surface area contributed by atoms with E-state index in [1.165, 1.54) is 0 Å². The Labute approximate surface area is 203 Å². The van der Waals surface area contributed by atoms with Crippen molar-refractivity contribution in [2.24, 2.45) is 0 Å². The molecule has 0 saturated carbocycles.